The van der Waals surface area contributed by atoms with Gasteiger partial charge < -0.3 is 10.1 Å². The molecule has 1 unspecified atom stereocenters. The Morgan fingerprint density at radius 2 is 1.81 bits per heavy atom. The van der Waals surface area contributed by atoms with Crippen molar-refractivity contribution in [3.63, 3.8) is 0 Å². The van der Waals surface area contributed by atoms with Crippen molar-refractivity contribution in [3.05, 3.63) is 65.2 Å². The molecule has 0 saturated heterocycles. The molecular weight excluding hydrogens is 272 g/mol. The monoisotopic (exact) mass is 291 g/mol. The van der Waals surface area contributed by atoms with Crippen LogP contribution in [0.25, 0.3) is 0 Å². The van der Waals surface area contributed by atoms with Gasteiger partial charge in [-0.05, 0) is 43.7 Å². The fourth-order valence-corrected chi connectivity index (χ4v) is 2.25. The van der Waals surface area contributed by atoms with Gasteiger partial charge >= 0.3 is 6.61 Å². The average molecular weight is 291 g/mol. The molecule has 4 heteroatoms. The van der Waals surface area contributed by atoms with Crippen molar-refractivity contribution in [1.82, 2.24) is 5.32 Å². The number of alkyl halides is 2. The van der Waals surface area contributed by atoms with Gasteiger partial charge in [0.25, 0.3) is 0 Å². The molecule has 0 radical (unpaired) electrons. The van der Waals surface area contributed by atoms with Gasteiger partial charge in [0.15, 0.2) is 0 Å². The predicted octanol–water partition coefficient (Wildman–Crippen LogP) is 4.10. The highest BCUT2D eigenvalue weighted by atomic mass is 19.3. The first-order valence-electron chi connectivity index (χ1n) is 6.86. The standard InChI is InChI=1S/C17H19F2NO/c1-12-6-8-13(9-7-12)10-16(20-2)14-4-3-5-15(11-14)21-17(18)19/h3-9,11,16-17,20H,10H2,1-2H3. The molecule has 0 aromatic heterocycles. The van der Waals surface area contributed by atoms with E-state index in [1.165, 1.54) is 17.2 Å². The molecule has 2 rings (SSSR count). The van der Waals surface area contributed by atoms with Crippen LogP contribution in [0.2, 0.25) is 0 Å². The molecule has 0 fully saturated rings. The predicted molar refractivity (Wildman–Crippen MR) is 79.8 cm³/mol. The summed E-state index contributed by atoms with van der Waals surface area (Å²) in [6, 6.07) is 15.2. The van der Waals surface area contributed by atoms with Gasteiger partial charge in [0.2, 0.25) is 0 Å². The largest absolute Gasteiger partial charge is 0.435 e. The van der Waals surface area contributed by atoms with Gasteiger partial charge in [0.1, 0.15) is 5.75 Å². The van der Waals surface area contributed by atoms with Crippen LogP contribution in [-0.2, 0) is 6.42 Å². The van der Waals surface area contributed by atoms with Crippen LogP contribution in [-0.4, -0.2) is 13.7 Å². The quantitative estimate of drug-likeness (QED) is 0.865. The molecule has 0 aliphatic carbocycles. The first-order valence-corrected chi connectivity index (χ1v) is 6.86. The van der Waals surface area contributed by atoms with E-state index in [2.05, 4.69) is 34.3 Å². The smallest absolute Gasteiger partial charge is 0.387 e. The first-order chi connectivity index (χ1) is 10.1. The van der Waals surface area contributed by atoms with E-state index < -0.39 is 6.61 Å². The van der Waals surface area contributed by atoms with Gasteiger partial charge in [-0.15, -0.1) is 0 Å². The molecule has 0 spiro atoms. The van der Waals surface area contributed by atoms with E-state index in [9.17, 15) is 8.78 Å². The highest BCUT2D eigenvalue weighted by Crippen LogP contribution is 2.23. The van der Waals surface area contributed by atoms with Gasteiger partial charge in [0.05, 0.1) is 0 Å². The zero-order valence-corrected chi connectivity index (χ0v) is 12.1. The first kappa shape index (κ1) is 15.4. The number of likely N-dealkylation sites (N-methyl/N-ethyl adjacent to an activating group) is 1. The van der Waals surface area contributed by atoms with Crippen LogP contribution in [0, 0.1) is 6.92 Å². The molecule has 2 nitrogen and oxygen atoms in total. The summed E-state index contributed by atoms with van der Waals surface area (Å²) in [4.78, 5) is 0. The van der Waals surface area contributed by atoms with Crippen LogP contribution in [0.15, 0.2) is 48.5 Å². The van der Waals surface area contributed by atoms with Gasteiger partial charge in [-0.2, -0.15) is 8.78 Å². The van der Waals surface area contributed by atoms with Crippen molar-refractivity contribution < 1.29 is 13.5 Å². The Balaban J connectivity index is 2.15. The Kier molecular flexibility index (Phi) is 5.28. The maximum Gasteiger partial charge on any atom is 0.387 e. The maximum absolute atomic E-state index is 12.3. The van der Waals surface area contributed by atoms with Crippen molar-refractivity contribution in [2.75, 3.05) is 7.05 Å². The second-order valence-electron chi connectivity index (χ2n) is 4.98. The Morgan fingerprint density at radius 3 is 2.43 bits per heavy atom. The van der Waals surface area contributed by atoms with Crippen molar-refractivity contribution >= 4 is 0 Å². The van der Waals surface area contributed by atoms with Crippen LogP contribution in [0.1, 0.15) is 22.7 Å². The summed E-state index contributed by atoms with van der Waals surface area (Å²) in [5.41, 5.74) is 3.34. The molecule has 1 atom stereocenters. The molecule has 1 N–H and O–H groups in total. The summed E-state index contributed by atoms with van der Waals surface area (Å²) in [5, 5.41) is 3.22. The number of rotatable bonds is 6. The minimum atomic E-state index is -2.80. The third kappa shape index (κ3) is 4.53. The number of aryl methyl sites for hydroxylation is 1. The number of hydrogen-bond donors (Lipinski definition) is 1. The van der Waals surface area contributed by atoms with Gasteiger partial charge in [-0.25, -0.2) is 0 Å². The van der Waals surface area contributed by atoms with Gasteiger partial charge in [-0.1, -0.05) is 42.0 Å². The lowest BCUT2D eigenvalue weighted by Gasteiger charge is -2.18. The van der Waals surface area contributed by atoms with E-state index in [1.807, 2.05) is 20.0 Å². The minimum absolute atomic E-state index is 0.0499. The molecule has 0 saturated carbocycles. The summed E-state index contributed by atoms with van der Waals surface area (Å²) in [6.07, 6.45) is 0.787. The molecule has 0 aliphatic rings. The Morgan fingerprint density at radius 1 is 1.10 bits per heavy atom. The van der Waals surface area contributed by atoms with Gasteiger partial charge in [-0.3, -0.25) is 0 Å². The molecule has 0 aliphatic heterocycles. The summed E-state index contributed by atoms with van der Waals surface area (Å²) in [6.45, 7) is -0.754. The maximum atomic E-state index is 12.3. The van der Waals surface area contributed by atoms with E-state index in [0.717, 1.165) is 12.0 Å². The number of benzene rings is 2. The number of ether oxygens (including phenoxy) is 1. The third-order valence-electron chi connectivity index (χ3n) is 3.39. The average Bonchev–Trinajstić information content (AvgIpc) is 2.46. The van der Waals surface area contributed by atoms with Crippen LogP contribution in [0.4, 0.5) is 8.78 Å². The third-order valence-corrected chi connectivity index (χ3v) is 3.39. The summed E-state index contributed by atoms with van der Waals surface area (Å²) in [5.74, 6) is 0.187. The molecule has 0 amide bonds. The van der Waals surface area contributed by atoms with E-state index in [0.29, 0.717) is 0 Å². The number of hydrogen-bond acceptors (Lipinski definition) is 2. The lowest BCUT2D eigenvalue weighted by Crippen LogP contribution is -2.19. The number of nitrogens with one attached hydrogen (secondary N) is 1. The highest BCUT2D eigenvalue weighted by Gasteiger charge is 2.12. The molecule has 21 heavy (non-hydrogen) atoms. The molecule has 2 aromatic rings. The minimum Gasteiger partial charge on any atom is -0.435 e. The normalized spacial score (nSPS) is 12.4. The van der Waals surface area contributed by atoms with Crippen molar-refractivity contribution in [1.29, 1.82) is 0 Å². The number of halogens is 2. The van der Waals surface area contributed by atoms with Crippen LogP contribution < -0.4 is 10.1 Å². The summed E-state index contributed by atoms with van der Waals surface area (Å²) < 4.78 is 29.0. The molecule has 0 bridgehead atoms. The molecular formula is C17H19F2NO. The van der Waals surface area contributed by atoms with E-state index in [-0.39, 0.29) is 11.8 Å². The van der Waals surface area contributed by atoms with E-state index in [4.69, 9.17) is 0 Å². The Hall–Kier alpha value is -1.94. The second-order valence-corrected chi connectivity index (χ2v) is 4.98. The summed E-state index contributed by atoms with van der Waals surface area (Å²) in [7, 11) is 1.86. The topological polar surface area (TPSA) is 21.3 Å². The van der Waals surface area contributed by atoms with E-state index >= 15 is 0 Å². The lowest BCUT2D eigenvalue weighted by atomic mass is 9.98. The Bertz CT molecular complexity index is 569. The van der Waals surface area contributed by atoms with Crippen molar-refractivity contribution in [2.24, 2.45) is 0 Å². The fraction of sp³-hybridized carbons (Fsp3) is 0.294. The van der Waals surface area contributed by atoms with Crippen LogP contribution >= 0.6 is 0 Å². The molecule has 112 valence electrons. The highest BCUT2D eigenvalue weighted by molar-refractivity contribution is 5.32. The fourth-order valence-electron chi connectivity index (χ4n) is 2.25. The SMILES string of the molecule is CNC(Cc1ccc(C)cc1)c1cccc(OC(F)F)c1. The molecule has 0 heterocycles. The zero-order chi connectivity index (χ0) is 15.2. The van der Waals surface area contributed by atoms with Crippen molar-refractivity contribution in [3.8, 4) is 5.75 Å². The van der Waals surface area contributed by atoms with Crippen molar-refractivity contribution in [2.45, 2.75) is 26.0 Å². The Labute approximate surface area is 123 Å². The summed E-state index contributed by atoms with van der Waals surface area (Å²) >= 11 is 0. The van der Waals surface area contributed by atoms with Crippen LogP contribution in [0.5, 0.6) is 5.75 Å². The zero-order valence-electron chi connectivity index (χ0n) is 12.1. The molecule has 2 aromatic carbocycles. The lowest BCUT2D eigenvalue weighted by molar-refractivity contribution is -0.0499. The van der Waals surface area contributed by atoms with E-state index in [1.54, 1.807) is 12.1 Å². The second kappa shape index (κ2) is 7.18. The van der Waals surface area contributed by atoms with Crippen LogP contribution in [0.3, 0.4) is 0 Å². The van der Waals surface area contributed by atoms with Gasteiger partial charge in [0, 0.05) is 6.04 Å².